The molecule has 1 unspecified atom stereocenters. The van der Waals surface area contributed by atoms with Crippen LogP contribution < -0.4 is 10.1 Å². The Kier molecular flexibility index (Phi) is 6.08. The highest BCUT2D eigenvalue weighted by atomic mass is 79.9. The summed E-state index contributed by atoms with van der Waals surface area (Å²) in [5, 5.41) is 5.67. The lowest BCUT2D eigenvalue weighted by Gasteiger charge is -2.18. The molecule has 0 aliphatic rings. The van der Waals surface area contributed by atoms with E-state index in [1.54, 1.807) is 18.4 Å². The number of likely N-dealkylation sites (N-methyl/N-ethyl adjacent to an activating group) is 1. The third-order valence-electron chi connectivity index (χ3n) is 3.09. The summed E-state index contributed by atoms with van der Waals surface area (Å²) < 4.78 is 7.61. The molecule has 0 bridgehead atoms. The number of benzene rings is 1. The first-order valence-corrected chi connectivity index (χ1v) is 8.91. The molecule has 0 radical (unpaired) electrons. The van der Waals surface area contributed by atoms with E-state index in [0.717, 1.165) is 23.2 Å². The standard InChI is InChI=1S/C15H17Br2NOS/c1-3-18-14(15-13(17)6-7-20-15)9-10-8-11(19-2)4-5-12(10)16/h4-8,14,18H,3,9H2,1-2H3. The van der Waals surface area contributed by atoms with Gasteiger partial charge in [0.15, 0.2) is 0 Å². The second-order valence-electron chi connectivity index (χ2n) is 4.40. The zero-order valence-corrected chi connectivity index (χ0v) is 15.4. The van der Waals surface area contributed by atoms with E-state index in [1.807, 2.05) is 12.1 Å². The Balaban J connectivity index is 2.26. The molecular weight excluding hydrogens is 402 g/mol. The molecule has 1 atom stereocenters. The average molecular weight is 419 g/mol. The molecule has 1 heterocycles. The molecule has 0 fully saturated rings. The van der Waals surface area contributed by atoms with Gasteiger partial charge < -0.3 is 10.1 Å². The number of hydrogen-bond acceptors (Lipinski definition) is 3. The van der Waals surface area contributed by atoms with E-state index in [2.05, 4.69) is 61.6 Å². The van der Waals surface area contributed by atoms with Gasteiger partial charge >= 0.3 is 0 Å². The number of hydrogen-bond donors (Lipinski definition) is 1. The molecule has 0 amide bonds. The Morgan fingerprint density at radius 1 is 1.25 bits per heavy atom. The van der Waals surface area contributed by atoms with Crippen molar-refractivity contribution in [1.82, 2.24) is 5.32 Å². The second kappa shape index (κ2) is 7.59. The van der Waals surface area contributed by atoms with Gasteiger partial charge in [-0.05, 0) is 64.1 Å². The van der Waals surface area contributed by atoms with E-state index in [0.29, 0.717) is 6.04 Å². The molecule has 0 saturated carbocycles. The molecule has 0 aliphatic heterocycles. The van der Waals surface area contributed by atoms with Crippen molar-refractivity contribution in [1.29, 1.82) is 0 Å². The van der Waals surface area contributed by atoms with Gasteiger partial charge in [0.2, 0.25) is 0 Å². The maximum absolute atomic E-state index is 5.32. The summed E-state index contributed by atoms with van der Waals surface area (Å²) in [5.74, 6) is 0.892. The van der Waals surface area contributed by atoms with Crippen molar-refractivity contribution >= 4 is 43.2 Å². The van der Waals surface area contributed by atoms with Gasteiger partial charge in [-0.15, -0.1) is 11.3 Å². The summed E-state index contributed by atoms with van der Waals surface area (Å²) in [7, 11) is 1.70. The Morgan fingerprint density at radius 2 is 2.05 bits per heavy atom. The molecule has 2 nitrogen and oxygen atoms in total. The summed E-state index contributed by atoms with van der Waals surface area (Å²) in [4.78, 5) is 1.33. The maximum atomic E-state index is 5.32. The number of ether oxygens (including phenoxy) is 1. The predicted octanol–water partition coefficient (Wildman–Crippen LogP) is 5.18. The van der Waals surface area contributed by atoms with Crippen LogP contribution >= 0.6 is 43.2 Å². The number of thiophene rings is 1. The van der Waals surface area contributed by atoms with E-state index < -0.39 is 0 Å². The van der Waals surface area contributed by atoms with E-state index >= 15 is 0 Å². The van der Waals surface area contributed by atoms with Crippen LogP contribution in [-0.2, 0) is 6.42 Å². The Bertz CT molecular complexity index is 571. The Labute approximate surface area is 140 Å². The Hall–Kier alpha value is -0.360. The molecule has 1 aromatic carbocycles. The lowest BCUT2D eigenvalue weighted by molar-refractivity contribution is 0.413. The first-order valence-electron chi connectivity index (χ1n) is 6.44. The Morgan fingerprint density at radius 3 is 2.65 bits per heavy atom. The largest absolute Gasteiger partial charge is 0.497 e. The van der Waals surface area contributed by atoms with Crippen LogP contribution in [0.1, 0.15) is 23.4 Å². The molecule has 20 heavy (non-hydrogen) atoms. The fraction of sp³-hybridized carbons (Fsp3) is 0.333. The lowest BCUT2D eigenvalue weighted by atomic mass is 10.0. The van der Waals surface area contributed by atoms with Crippen molar-refractivity contribution in [3.05, 3.63) is 49.0 Å². The van der Waals surface area contributed by atoms with Crippen LogP contribution in [0.15, 0.2) is 38.6 Å². The average Bonchev–Trinajstić information content (AvgIpc) is 2.86. The SMILES string of the molecule is CCNC(Cc1cc(OC)ccc1Br)c1sccc1Br. The monoisotopic (exact) mass is 417 g/mol. The van der Waals surface area contributed by atoms with Gasteiger partial charge in [-0.3, -0.25) is 0 Å². The molecule has 5 heteroatoms. The van der Waals surface area contributed by atoms with Crippen LogP contribution in [0.2, 0.25) is 0 Å². The van der Waals surface area contributed by atoms with Gasteiger partial charge in [-0.25, -0.2) is 0 Å². The van der Waals surface area contributed by atoms with Crippen LogP contribution in [0, 0.1) is 0 Å². The topological polar surface area (TPSA) is 21.3 Å². The smallest absolute Gasteiger partial charge is 0.119 e. The van der Waals surface area contributed by atoms with Gasteiger partial charge in [0.05, 0.1) is 7.11 Å². The molecule has 0 spiro atoms. The van der Waals surface area contributed by atoms with Gasteiger partial charge in [0, 0.05) is 19.9 Å². The van der Waals surface area contributed by atoms with Crippen molar-refractivity contribution in [2.75, 3.05) is 13.7 Å². The van der Waals surface area contributed by atoms with E-state index in [9.17, 15) is 0 Å². The molecule has 108 valence electrons. The third-order valence-corrected chi connectivity index (χ3v) is 5.85. The minimum absolute atomic E-state index is 0.304. The fourth-order valence-electron chi connectivity index (χ4n) is 2.11. The van der Waals surface area contributed by atoms with Crippen LogP contribution in [0.5, 0.6) is 5.75 Å². The molecule has 2 rings (SSSR count). The van der Waals surface area contributed by atoms with Crippen molar-refractivity contribution in [3.63, 3.8) is 0 Å². The number of rotatable bonds is 6. The predicted molar refractivity (Wildman–Crippen MR) is 92.8 cm³/mol. The number of halogens is 2. The first-order chi connectivity index (χ1) is 9.65. The van der Waals surface area contributed by atoms with Crippen molar-refractivity contribution in [2.24, 2.45) is 0 Å². The van der Waals surface area contributed by atoms with E-state index in [1.165, 1.54) is 14.9 Å². The number of methoxy groups -OCH3 is 1. The normalized spacial score (nSPS) is 12.4. The zero-order valence-electron chi connectivity index (χ0n) is 11.5. The van der Waals surface area contributed by atoms with Gasteiger partial charge in [-0.2, -0.15) is 0 Å². The highest BCUT2D eigenvalue weighted by Crippen LogP contribution is 2.33. The summed E-state index contributed by atoms with van der Waals surface area (Å²) >= 11 is 9.04. The first kappa shape index (κ1) is 16.0. The molecule has 2 aromatic rings. The second-order valence-corrected chi connectivity index (χ2v) is 7.06. The molecule has 0 aliphatic carbocycles. The van der Waals surface area contributed by atoms with Crippen LogP contribution in [0.3, 0.4) is 0 Å². The van der Waals surface area contributed by atoms with Crippen LogP contribution in [0.25, 0.3) is 0 Å². The van der Waals surface area contributed by atoms with Gasteiger partial charge in [0.1, 0.15) is 5.75 Å². The molecule has 0 saturated heterocycles. The molecule has 1 aromatic heterocycles. The van der Waals surface area contributed by atoms with Gasteiger partial charge in [0.25, 0.3) is 0 Å². The summed E-state index contributed by atoms with van der Waals surface area (Å²) in [6.07, 6.45) is 0.921. The highest BCUT2D eigenvalue weighted by molar-refractivity contribution is 9.10. The summed E-state index contributed by atoms with van der Waals surface area (Å²) in [6.45, 7) is 3.08. The zero-order chi connectivity index (χ0) is 14.5. The number of nitrogens with one attached hydrogen (secondary N) is 1. The molecular formula is C15H17Br2NOS. The van der Waals surface area contributed by atoms with Gasteiger partial charge in [-0.1, -0.05) is 22.9 Å². The van der Waals surface area contributed by atoms with Crippen molar-refractivity contribution in [3.8, 4) is 5.75 Å². The maximum Gasteiger partial charge on any atom is 0.119 e. The third kappa shape index (κ3) is 3.85. The molecule has 1 N–H and O–H groups in total. The van der Waals surface area contributed by atoms with Crippen molar-refractivity contribution in [2.45, 2.75) is 19.4 Å². The minimum Gasteiger partial charge on any atom is -0.497 e. The summed E-state index contributed by atoms with van der Waals surface area (Å²) in [6, 6.07) is 8.51. The minimum atomic E-state index is 0.304. The summed E-state index contributed by atoms with van der Waals surface area (Å²) in [5.41, 5.74) is 1.25. The fourth-order valence-corrected chi connectivity index (χ4v) is 4.25. The van der Waals surface area contributed by atoms with Crippen LogP contribution in [0.4, 0.5) is 0 Å². The van der Waals surface area contributed by atoms with Crippen LogP contribution in [-0.4, -0.2) is 13.7 Å². The quantitative estimate of drug-likeness (QED) is 0.698. The lowest BCUT2D eigenvalue weighted by Crippen LogP contribution is -2.22. The highest BCUT2D eigenvalue weighted by Gasteiger charge is 2.17. The van der Waals surface area contributed by atoms with E-state index in [-0.39, 0.29) is 0 Å². The van der Waals surface area contributed by atoms with E-state index in [4.69, 9.17) is 4.74 Å². The van der Waals surface area contributed by atoms with Crippen molar-refractivity contribution < 1.29 is 4.74 Å².